The number of benzene rings is 1. The van der Waals surface area contributed by atoms with Gasteiger partial charge in [-0.2, -0.15) is 0 Å². The lowest BCUT2D eigenvalue weighted by atomic mass is 10.0. The summed E-state index contributed by atoms with van der Waals surface area (Å²) in [4.78, 5) is 21.8. The summed E-state index contributed by atoms with van der Waals surface area (Å²) in [5.74, 6) is -2.01. The number of carboxylic acid groups (broad SMARTS) is 1. The molecule has 0 aromatic heterocycles. The number of carbonyl (C=O) groups is 2. The van der Waals surface area contributed by atoms with E-state index in [4.69, 9.17) is 5.11 Å². The number of hydrogen-bond donors (Lipinski definition) is 3. The smallest absolute Gasteiger partial charge is 0.337 e. The van der Waals surface area contributed by atoms with Gasteiger partial charge in [-0.25, -0.2) is 4.79 Å². The number of aliphatic hydroxyl groups excluding tert-OH is 1. The Balaban J connectivity index is 3.09. The zero-order valence-corrected chi connectivity index (χ0v) is 8.67. The maximum atomic E-state index is 11.3. The summed E-state index contributed by atoms with van der Waals surface area (Å²) < 4.78 is 0. The molecule has 0 aliphatic rings. The highest BCUT2D eigenvalue weighted by Crippen LogP contribution is 2.25. The Kier molecular flexibility index (Phi) is 3.63. The lowest BCUT2D eigenvalue weighted by molar-refractivity contribution is -0.147. The van der Waals surface area contributed by atoms with E-state index in [9.17, 15) is 19.8 Å². The van der Waals surface area contributed by atoms with E-state index in [1.807, 2.05) is 0 Å². The Labute approximate surface area is 92.0 Å². The van der Waals surface area contributed by atoms with E-state index in [2.05, 4.69) is 0 Å². The summed E-state index contributed by atoms with van der Waals surface area (Å²) in [6, 6.07) is 3.78. The molecule has 1 aromatic rings. The predicted octanol–water partition coefficient (Wildman–Crippen LogP) is 1.10. The van der Waals surface area contributed by atoms with Gasteiger partial charge in [-0.1, -0.05) is 19.1 Å². The molecule has 0 aliphatic heterocycles. The highest BCUT2D eigenvalue weighted by atomic mass is 16.4. The van der Waals surface area contributed by atoms with Crippen molar-refractivity contribution < 1.29 is 24.9 Å². The predicted molar refractivity (Wildman–Crippen MR) is 55.3 cm³/mol. The highest BCUT2D eigenvalue weighted by molar-refractivity contribution is 5.96. The Bertz CT molecular complexity index is 424. The number of aliphatic carboxylic acids is 1. The number of hydrogen-bond acceptors (Lipinski definition) is 4. The average Bonchev–Trinajstić information content (AvgIpc) is 2.26. The summed E-state index contributed by atoms with van der Waals surface area (Å²) in [7, 11) is 0. The van der Waals surface area contributed by atoms with Gasteiger partial charge in [0.05, 0.1) is 0 Å². The van der Waals surface area contributed by atoms with Crippen molar-refractivity contribution >= 4 is 11.8 Å². The molecule has 0 radical (unpaired) electrons. The second-order valence-corrected chi connectivity index (χ2v) is 3.29. The van der Waals surface area contributed by atoms with Crippen LogP contribution in [0.1, 0.15) is 35.4 Å². The molecule has 0 spiro atoms. The van der Waals surface area contributed by atoms with E-state index in [1.165, 1.54) is 12.1 Å². The molecule has 0 amide bonds. The number of Topliss-reactive ketones (excluding diaryl/α,β-unsaturated/α-hetero) is 1. The number of aliphatic hydroxyl groups is 1. The van der Waals surface area contributed by atoms with Crippen LogP contribution in [0.5, 0.6) is 5.75 Å². The second kappa shape index (κ2) is 4.76. The van der Waals surface area contributed by atoms with Crippen molar-refractivity contribution in [1.29, 1.82) is 0 Å². The first-order valence-corrected chi connectivity index (χ1v) is 4.74. The molecule has 0 bridgehead atoms. The molecule has 1 rings (SSSR count). The van der Waals surface area contributed by atoms with Crippen LogP contribution in [0, 0.1) is 0 Å². The minimum absolute atomic E-state index is 0.125. The molecule has 3 N–H and O–H groups in total. The molecule has 1 aromatic carbocycles. The standard InChI is InChI=1S/C11H12O5/c1-2-8(12)6-3-4-7(9(13)5-6)10(14)11(15)16/h3-5,10,13-14H,2H2,1H3,(H,15,16). The number of phenols is 1. The van der Waals surface area contributed by atoms with E-state index in [-0.39, 0.29) is 11.3 Å². The van der Waals surface area contributed by atoms with Gasteiger partial charge in [0.15, 0.2) is 11.9 Å². The first-order chi connectivity index (χ1) is 7.47. The minimum Gasteiger partial charge on any atom is -0.508 e. The van der Waals surface area contributed by atoms with Crippen LogP contribution in [-0.2, 0) is 4.79 Å². The van der Waals surface area contributed by atoms with Gasteiger partial charge in [-0.15, -0.1) is 0 Å². The molecule has 1 atom stereocenters. The number of carbonyl (C=O) groups excluding carboxylic acids is 1. The molecular formula is C11H12O5. The highest BCUT2D eigenvalue weighted by Gasteiger charge is 2.20. The van der Waals surface area contributed by atoms with Gasteiger partial charge < -0.3 is 15.3 Å². The van der Waals surface area contributed by atoms with Crippen LogP contribution in [0.4, 0.5) is 0 Å². The van der Waals surface area contributed by atoms with Crippen molar-refractivity contribution in [3.8, 4) is 5.75 Å². The van der Waals surface area contributed by atoms with E-state index >= 15 is 0 Å². The summed E-state index contributed by atoms with van der Waals surface area (Å²) in [6.45, 7) is 1.68. The van der Waals surface area contributed by atoms with Gasteiger partial charge in [-0.3, -0.25) is 4.79 Å². The van der Waals surface area contributed by atoms with E-state index in [0.29, 0.717) is 12.0 Å². The molecule has 16 heavy (non-hydrogen) atoms. The van der Waals surface area contributed by atoms with Crippen molar-refractivity contribution in [2.24, 2.45) is 0 Å². The lowest BCUT2D eigenvalue weighted by Gasteiger charge is -2.09. The van der Waals surface area contributed by atoms with Gasteiger partial charge in [0.1, 0.15) is 5.75 Å². The maximum absolute atomic E-state index is 11.3. The average molecular weight is 224 g/mol. The van der Waals surface area contributed by atoms with E-state index < -0.39 is 17.8 Å². The fourth-order valence-electron chi connectivity index (χ4n) is 1.29. The van der Waals surface area contributed by atoms with Gasteiger partial charge in [0.25, 0.3) is 0 Å². The molecular weight excluding hydrogens is 212 g/mol. The van der Waals surface area contributed by atoms with Gasteiger partial charge in [-0.05, 0) is 6.07 Å². The monoisotopic (exact) mass is 224 g/mol. The topological polar surface area (TPSA) is 94.8 Å². The lowest BCUT2D eigenvalue weighted by Crippen LogP contribution is -2.11. The SMILES string of the molecule is CCC(=O)c1ccc(C(O)C(=O)O)c(O)c1. The number of aromatic hydroxyl groups is 1. The largest absolute Gasteiger partial charge is 0.508 e. The zero-order chi connectivity index (χ0) is 12.3. The number of phenolic OH excluding ortho intramolecular Hbond substituents is 1. The van der Waals surface area contributed by atoms with Gasteiger partial charge in [0.2, 0.25) is 0 Å². The number of carboxylic acids is 1. The molecule has 0 saturated heterocycles. The van der Waals surface area contributed by atoms with Crippen molar-refractivity contribution in [3.63, 3.8) is 0 Å². The third-order valence-electron chi connectivity index (χ3n) is 2.20. The van der Waals surface area contributed by atoms with Crippen molar-refractivity contribution in [2.75, 3.05) is 0 Å². The Morgan fingerprint density at radius 3 is 2.44 bits per heavy atom. The normalized spacial score (nSPS) is 12.1. The van der Waals surface area contributed by atoms with Crippen LogP contribution in [0.15, 0.2) is 18.2 Å². The van der Waals surface area contributed by atoms with Crippen molar-refractivity contribution in [3.05, 3.63) is 29.3 Å². The van der Waals surface area contributed by atoms with Crippen LogP contribution in [0.3, 0.4) is 0 Å². The Morgan fingerprint density at radius 2 is 2.00 bits per heavy atom. The first kappa shape index (κ1) is 12.2. The minimum atomic E-state index is -1.79. The molecule has 86 valence electrons. The van der Waals surface area contributed by atoms with Crippen molar-refractivity contribution in [1.82, 2.24) is 0 Å². The fourth-order valence-corrected chi connectivity index (χ4v) is 1.29. The number of rotatable bonds is 4. The summed E-state index contributed by atoms with van der Waals surface area (Å²) >= 11 is 0. The Morgan fingerprint density at radius 1 is 1.38 bits per heavy atom. The van der Waals surface area contributed by atoms with Crippen LogP contribution in [0.25, 0.3) is 0 Å². The first-order valence-electron chi connectivity index (χ1n) is 4.74. The van der Waals surface area contributed by atoms with E-state index in [0.717, 1.165) is 6.07 Å². The summed E-state index contributed by atoms with van der Waals surface area (Å²) in [6.07, 6.45) is -1.49. The van der Waals surface area contributed by atoms with Gasteiger partial charge >= 0.3 is 5.97 Å². The van der Waals surface area contributed by atoms with Crippen molar-refractivity contribution in [2.45, 2.75) is 19.4 Å². The summed E-state index contributed by atoms with van der Waals surface area (Å²) in [5, 5.41) is 27.3. The molecule has 0 saturated carbocycles. The van der Waals surface area contributed by atoms with E-state index in [1.54, 1.807) is 6.92 Å². The molecule has 5 nitrogen and oxygen atoms in total. The Hall–Kier alpha value is -1.88. The third-order valence-corrected chi connectivity index (χ3v) is 2.20. The fraction of sp³-hybridized carbons (Fsp3) is 0.273. The maximum Gasteiger partial charge on any atom is 0.337 e. The molecule has 0 heterocycles. The molecule has 1 unspecified atom stereocenters. The zero-order valence-electron chi connectivity index (χ0n) is 8.67. The van der Waals surface area contributed by atoms with Crippen LogP contribution >= 0.6 is 0 Å². The number of ketones is 1. The second-order valence-electron chi connectivity index (χ2n) is 3.29. The van der Waals surface area contributed by atoms with Gasteiger partial charge in [0, 0.05) is 17.5 Å². The third kappa shape index (κ3) is 2.38. The molecule has 5 heteroatoms. The molecule has 0 aliphatic carbocycles. The van der Waals surface area contributed by atoms with Crippen LogP contribution < -0.4 is 0 Å². The van der Waals surface area contributed by atoms with Crippen LogP contribution in [0.2, 0.25) is 0 Å². The summed E-state index contributed by atoms with van der Waals surface area (Å²) in [5.41, 5.74) is 0.168. The molecule has 0 fully saturated rings. The quantitative estimate of drug-likeness (QED) is 0.666. The van der Waals surface area contributed by atoms with Crippen LogP contribution in [-0.4, -0.2) is 27.1 Å².